The van der Waals surface area contributed by atoms with Gasteiger partial charge in [0, 0.05) is 13.1 Å². The molecule has 0 bridgehead atoms. The molecule has 0 radical (unpaired) electrons. The molecule has 0 amide bonds. The Morgan fingerprint density at radius 1 is 1.26 bits per heavy atom. The maximum atomic E-state index is 14.3. The number of hydrogen-bond donors (Lipinski definition) is 0. The van der Waals surface area contributed by atoms with Gasteiger partial charge >= 0.3 is 0 Å². The van der Waals surface area contributed by atoms with E-state index in [1.807, 2.05) is 18.0 Å². The minimum Gasteiger partial charge on any atom is -0.369 e. The summed E-state index contributed by atoms with van der Waals surface area (Å²) in [5.41, 5.74) is 0.924. The summed E-state index contributed by atoms with van der Waals surface area (Å²) in [4.78, 5) is 2.03. The van der Waals surface area contributed by atoms with Gasteiger partial charge in [0.2, 0.25) is 0 Å². The molecule has 1 fully saturated rings. The van der Waals surface area contributed by atoms with E-state index in [4.69, 9.17) is 5.26 Å². The molecule has 4 heteroatoms. The fraction of sp³-hybridized carbons (Fsp3) is 0.533. The van der Waals surface area contributed by atoms with Gasteiger partial charge < -0.3 is 4.90 Å². The van der Waals surface area contributed by atoms with Crippen LogP contribution in [-0.4, -0.2) is 13.1 Å². The molecule has 102 valence electrons. The standard InChI is InChI=1S/C15H18BrFN2/c1-19(12-6-4-2-3-5-7-12)13-9-8-11(10-18)14(16)15(13)17/h8-9,12H,2-7H2,1H3. The summed E-state index contributed by atoms with van der Waals surface area (Å²) in [6, 6.07) is 5.77. The van der Waals surface area contributed by atoms with Gasteiger partial charge in [0.05, 0.1) is 15.7 Å². The lowest BCUT2D eigenvalue weighted by molar-refractivity contribution is 0.536. The van der Waals surface area contributed by atoms with E-state index in [1.54, 1.807) is 12.1 Å². The molecule has 2 rings (SSSR count). The molecule has 0 heterocycles. The Labute approximate surface area is 122 Å². The topological polar surface area (TPSA) is 27.0 Å². The van der Waals surface area contributed by atoms with Gasteiger partial charge in [-0.1, -0.05) is 25.7 Å². The van der Waals surface area contributed by atoms with Crippen molar-refractivity contribution in [2.45, 2.75) is 44.6 Å². The predicted octanol–water partition coefficient (Wildman–Crippen LogP) is 4.62. The molecular weight excluding hydrogens is 307 g/mol. The smallest absolute Gasteiger partial charge is 0.161 e. The van der Waals surface area contributed by atoms with Gasteiger partial charge in [-0.2, -0.15) is 5.26 Å². The van der Waals surface area contributed by atoms with Crippen molar-refractivity contribution < 1.29 is 4.39 Å². The van der Waals surface area contributed by atoms with Crippen molar-refractivity contribution in [1.29, 1.82) is 5.26 Å². The Morgan fingerprint density at radius 3 is 2.47 bits per heavy atom. The van der Waals surface area contributed by atoms with Crippen LogP contribution in [0.2, 0.25) is 0 Å². The lowest BCUT2D eigenvalue weighted by Gasteiger charge is -2.30. The summed E-state index contributed by atoms with van der Waals surface area (Å²) >= 11 is 3.17. The van der Waals surface area contributed by atoms with Crippen molar-refractivity contribution in [3.63, 3.8) is 0 Å². The third kappa shape index (κ3) is 3.09. The summed E-state index contributed by atoms with van der Waals surface area (Å²) in [5.74, 6) is -0.328. The van der Waals surface area contributed by atoms with Crippen molar-refractivity contribution in [3.05, 3.63) is 28.0 Å². The van der Waals surface area contributed by atoms with E-state index in [-0.39, 0.29) is 10.3 Å². The number of nitriles is 1. The van der Waals surface area contributed by atoms with Crippen LogP contribution in [0.3, 0.4) is 0 Å². The number of hydrogen-bond acceptors (Lipinski definition) is 2. The van der Waals surface area contributed by atoms with Crippen LogP contribution in [0.5, 0.6) is 0 Å². The molecule has 19 heavy (non-hydrogen) atoms. The Hall–Kier alpha value is -1.08. The van der Waals surface area contributed by atoms with Gasteiger partial charge in [-0.05, 0) is 40.9 Å². The first-order valence-electron chi connectivity index (χ1n) is 6.76. The molecule has 0 saturated heterocycles. The van der Waals surface area contributed by atoms with Crippen LogP contribution in [-0.2, 0) is 0 Å². The number of halogens is 2. The zero-order valence-corrected chi connectivity index (χ0v) is 12.7. The first-order chi connectivity index (χ1) is 9.15. The predicted molar refractivity (Wildman–Crippen MR) is 78.7 cm³/mol. The van der Waals surface area contributed by atoms with Gasteiger partial charge in [0.25, 0.3) is 0 Å². The zero-order valence-electron chi connectivity index (χ0n) is 11.1. The summed E-state index contributed by atoms with van der Waals surface area (Å²) in [5, 5.41) is 8.90. The van der Waals surface area contributed by atoms with Crippen LogP contribution >= 0.6 is 15.9 Å². The number of benzene rings is 1. The molecule has 0 unspecified atom stereocenters. The minimum atomic E-state index is -0.328. The molecule has 1 saturated carbocycles. The summed E-state index contributed by atoms with van der Waals surface area (Å²) < 4.78 is 14.6. The molecule has 1 aromatic rings. The second-order valence-electron chi connectivity index (χ2n) is 5.13. The second kappa shape index (κ2) is 6.38. The van der Waals surface area contributed by atoms with Crippen LogP contribution in [0, 0.1) is 17.1 Å². The Balaban J connectivity index is 2.26. The van der Waals surface area contributed by atoms with Gasteiger partial charge in [-0.3, -0.25) is 0 Å². The summed E-state index contributed by atoms with van der Waals surface area (Å²) in [7, 11) is 1.95. The molecule has 0 atom stereocenters. The molecular formula is C15H18BrFN2. The van der Waals surface area contributed by atoms with Crippen LogP contribution in [0.4, 0.5) is 10.1 Å². The van der Waals surface area contributed by atoms with Crippen LogP contribution < -0.4 is 4.90 Å². The van der Waals surface area contributed by atoms with Crippen LogP contribution in [0.25, 0.3) is 0 Å². The highest BCUT2D eigenvalue weighted by Crippen LogP contribution is 2.32. The SMILES string of the molecule is CN(c1ccc(C#N)c(Br)c1F)C1CCCCCC1. The number of rotatable bonds is 2. The maximum Gasteiger partial charge on any atom is 0.161 e. The molecule has 0 aromatic heterocycles. The Morgan fingerprint density at radius 2 is 1.89 bits per heavy atom. The first-order valence-corrected chi connectivity index (χ1v) is 7.55. The molecule has 0 spiro atoms. The Bertz CT molecular complexity index is 488. The molecule has 1 aliphatic carbocycles. The Kier molecular flexibility index (Phi) is 4.81. The van der Waals surface area contributed by atoms with E-state index in [2.05, 4.69) is 15.9 Å². The molecule has 1 aromatic carbocycles. The molecule has 0 N–H and O–H groups in total. The summed E-state index contributed by atoms with van der Waals surface area (Å²) in [6.45, 7) is 0. The van der Waals surface area contributed by atoms with Gasteiger partial charge in [-0.15, -0.1) is 0 Å². The van der Waals surface area contributed by atoms with E-state index < -0.39 is 0 Å². The van der Waals surface area contributed by atoms with Gasteiger partial charge in [-0.25, -0.2) is 4.39 Å². The quantitative estimate of drug-likeness (QED) is 0.742. The summed E-state index contributed by atoms with van der Waals surface area (Å²) in [6.07, 6.45) is 7.23. The van der Waals surface area contributed by atoms with Crippen LogP contribution in [0.1, 0.15) is 44.1 Å². The highest BCUT2D eigenvalue weighted by atomic mass is 79.9. The van der Waals surface area contributed by atoms with Crippen molar-refractivity contribution in [2.75, 3.05) is 11.9 Å². The molecule has 1 aliphatic rings. The van der Waals surface area contributed by atoms with E-state index in [9.17, 15) is 4.39 Å². The van der Waals surface area contributed by atoms with E-state index in [1.165, 1.54) is 25.7 Å². The second-order valence-corrected chi connectivity index (χ2v) is 5.92. The monoisotopic (exact) mass is 324 g/mol. The van der Waals surface area contributed by atoms with E-state index in [0.717, 1.165) is 12.8 Å². The van der Waals surface area contributed by atoms with Crippen molar-refractivity contribution in [1.82, 2.24) is 0 Å². The van der Waals surface area contributed by atoms with E-state index in [0.29, 0.717) is 17.3 Å². The third-order valence-corrected chi connectivity index (χ3v) is 4.71. The lowest BCUT2D eigenvalue weighted by atomic mass is 10.1. The average Bonchev–Trinajstić information content (AvgIpc) is 2.70. The minimum absolute atomic E-state index is 0.271. The maximum absolute atomic E-state index is 14.3. The van der Waals surface area contributed by atoms with Crippen molar-refractivity contribution in [3.8, 4) is 6.07 Å². The first kappa shape index (κ1) is 14.3. The highest BCUT2D eigenvalue weighted by Gasteiger charge is 2.21. The zero-order chi connectivity index (χ0) is 13.8. The molecule has 2 nitrogen and oxygen atoms in total. The lowest BCUT2D eigenvalue weighted by Crippen LogP contribution is -2.31. The van der Waals surface area contributed by atoms with Crippen LogP contribution in [0.15, 0.2) is 16.6 Å². The van der Waals surface area contributed by atoms with Gasteiger partial charge in [0.1, 0.15) is 6.07 Å². The molecule has 0 aliphatic heterocycles. The van der Waals surface area contributed by atoms with Crippen molar-refractivity contribution in [2.24, 2.45) is 0 Å². The number of nitrogens with zero attached hydrogens (tertiary/aromatic N) is 2. The van der Waals surface area contributed by atoms with Crippen molar-refractivity contribution >= 4 is 21.6 Å². The normalized spacial score (nSPS) is 16.7. The fourth-order valence-electron chi connectivity index (χ4n) is 2.74. The average molecular weight is 325 g/mol. The number of anilines is 1. The van der Waals surface area contributed by atoms with Gasteiger partial charge in [0.15, 0.2) is 5.82 Å². The van der Waals surface area contributed by atoms with E-state index >= 15 is 0 Å². The largest absolute Gasteiger partial charge is 0.369 e. The highest BCUT2D eigenvalue weighted by molar-refractivity contribution is 9.10. The third-order valence-electron chi connectivity index (χ3n) is 3.93. The fourth-order valence-corrected chi connectivity index (χ4v) is 3.16.